The van der Waals surface area contributed by atoms with E-state index in [0.717, 1.165) is 81.3 Å². The summed E-state index contributed by atoms with van der Waals surface area (Å²) in [6.07, 6.45) is 20.9. The molecule has 5 aromatic rings. The van der Waals surface area contributed by atoms with E-state index in [4.69, 9.17) is 15.0 Å². The van der Waals surface area contributed by atoms with Crippen LogP contribution in [0.3, 0.4) is 0 Å². The minimum absolute atomic E-state index is 0.0494. The number of nitrogens with zero attached hydrogens (tertiary/aromatic N) is 4. The summed E-state index contributed by atoms with van der Waals surface area (Å²) < 4.78 is 0. The smallest absolute Gasteiger partial charge is 0.0918 e. The fraction of sp³-hybridized carbons (Fsp3) is 0.184. The molecule has 53 heavy (non-hydrogen) atoms. The average Bonchev–Trinajstić information content (AvgIpc) is 3.17. The molecule has 3 aromatic heterocycles. The summed E-state index contributed by atoms with van der Waals surface area (Å²) in [7, 11) is 0. The molecule has 4 nitrogen and oxygen atoms in total. The third-order valence-corrected chi connectivity index (χ3v) is 9.63. The van der Waals surface area contributed by atoms with E-state index >= 15 is 0 Å². The predicted octanol–water partition coefficient (Wildman–Crippen LogP) is 12.5. The Morgan fingerprint density at radius 2 is 1.60 bits per heavy atom. The molecule has 0 amide bonds. The summed E-state index contributed by atoms with van der Waals surface area (Å²) in [5.41, 5.74) is 17.0. The monoisotopic (exact) mass is 692 g/mol. The molecule has 0 saturated heterocycles. The maximum absolute atomic E-state index is 5.50. The van der Waals surface area contributed by atoms with E-state index < -0.39 is 0 Å². The number of allylic oxidation sites excluding steroid dienone is 8. The first-order valence-electron chi connectivity index (χ1n) is 18.4. The second-order valence-corrected chi connectivity index (χ2v) is 13.7. The molecule has 0 bridgehead atoms. The Morgan fingerprint density at radius 3 is 2.36 bits per heavy atom. The van der Waals surface area contributed by atoms with Crippen molar-refractivity contribution in [3.05, 3.63) is 180 Å². The van der Waals surface area contributed by atoms with Crippen LogP contribution in [0.1, 0.15) is 72.7 Å². The lowest BCUT2D eigenvalue weighted by Crippen LogP contribution is -2.11. The van der Waals surface area contributed by atoms with Gasteiger partial charge in [-0.05, 0) is 135 Å². The van der Waals surface area contributed by atoms with Crippen LogP contribution in [0.2, 0.25) is 0 Å². The van der Waals surface area contributed by atoms with Crippen molar-refractivity contribution in [1.82, 2.24) is 15.0 Å². The Morgan fingerprint density at radius 1 is 0.830 bits per heavy atom. The third kappa shape index (κ3) is 8.56. The Hall–Kier alpha value is -6.00. The summed E-state index contributed by atoms with van der Waals surface area (Å²) in [5, 5.41) is 0. The molecule has 0 saturated carbocycles. The first-order valence-corrected chi connectivity index (χ1v) is 18.4. The van der Waals surface area contributed by atoms with Crippen LogP contribution in [0.4, 0.5) is 0 Å². The summed E-state index contributed by atoms with van der Waals surface area (Å²) in [6, 6.07) is 27.5. The second kappa shape index (κ2) is 17.0. The van der Waals surface area contributed by atoms with Crippen LogP contribution in [0.25, 0.3) is 51.1 Å². The lowest BCUT2D eigenvalue weighted by Gasteiger charge is -2.25. The van der Waals surface area contributed by atoms with Gasteiger partial charge in [0.05, 0.1) is 40.2 Å². The number of aliphatic imine (C=N–C) groups is 1. The summed E-state index contributed by atoms with van der Waals surface area (Å²) in [4.78, 5) is 20.5. The van der Waals surface area contributed by atoms with Gasteiger partial charge in [0.2, 0.25) is 0 Å². The highest BCUT2D eigenvalue weighted by molar-refractivity contribution is 6.12. The molecule has 0 N–H and O–H groups in total. The first kappa shape index (κ1) is 36.8. The van der Waals surface area contributed by atoms with Crippen LogP contribution >= 0.6 is 0 Å². The number of hydrogen-bond donors (Lipinski definition) is 0. The van der Waals surface area contributed by atoms with Crippen LogP contribution in [0.15, 0.2) is 146 Å². The van der Waals surface area contributed by atoms with E-state index in [-0.39, 0.29) is 6.04 Å². The predicted molar refractivity (Wildman–Crippen MR) is 227 cm³/mol. The van der Waals surface area contributed by atoms with Gasteiger partial charge in [-0.1, -0.05) is 104 Å². The number of aromatic nitrogens is 3. The number of benzene rings is 2. The maximum atomic E-state index is 5.50. The first-order chi connectivity index (χ1) is 25.8. The minimum Gasteiger partial charge on any atom is -0.280 e. The molecular weight excluding hydrogens is 645 g/mol. The zero-order chi connectivity index (χ0) is 37.3. The molecule has 1 atom stereocenters. The van der Waals surface area contributed by atoms with Crippen LogP contribution in [-0.4, -0.2) is 26.7 Å². The molecule has 0 fully saturated rings. The van der Waals surface area contributed by atoms with Crippen molar-refractivity contribution in [3.63, 3.8) is 0 Å². The zero-order valence-electron chi connectivity index (χ0n) is 31.6. The van der Waals surface area contributed by atoms with E-state index in [9.17, 15) is 0 Å². The van der Waals surface area contributed by atoms with Gasteiger partial charge in [0, 0.05) is 17.3 Å². The molecule has 0 spiro atoms. The molecule has 1 unspecified atom stereocenters. The highest BCUT2D eigenvalue weighted by Crippen LogP contribution is 2.43. The summed E-state index contributed by atoms with van der Waals surface area (Å²) >= 11 is 0. The zero-order valence-corrected chi connectivity index (χ0v) is 31.6. The standard InChI is InChI=1S/C49H48N4/c1-8-10-12-18-37(7)51-46(31-36(6)38-27-24-33(3)25-28-38)49-35(5)26-29-45(53-49)48-39(19-11-9-2)32-41(47-34(4)17-15-20-40(47)48)42-22-16-23-44(52-42)43-21-13-14-30-50-43/h8-14,16-17,19,21-32,37H,1-2,15,18,20H2,3-7H3/b12-10-,19-11-,36-31+,51-46+. The number of rotatable bonds is 12. The Kier molecular flexibility index (Phi) is 11.8. The van der Waals surface area contributed by atoms with Crippen molar-refractivity contribution in [2.24, 2.45) is 4.99 Å². The van der Waals surface area contributed by atoms with E-state index in [1.807, 2.05) is 54.8 Å². The molecule has 4 heteroatoms. The number of aryl methyl sites for hydroxylation is 2. The van der Waals surface area contributed by atoms with Gasteiger partial charge in [0.15, 0.2) is 0 Å². The van der Waals surface area contributed by atoms with Crippen molar-refractivity contribution >= 4 is 22.9 Å². The SMILES string of the molecule is C=C/C=C\CC(C)/N=C(\C=C(/C)c1ccc(C)cc1)c1nc(-c2c(/C=C\C=C)cc(-c3cccc(-c4ccccn4)n3)c3c2CCC=C3C)ccc1C. The van der Waals surface area contributed by atoms with Crippen molar-refractivity contribution < 1.29 is 0 Å². The minimum atomic E-state index is 0.0494. The fourth-order valence-corrected chi connectivity index (χ4v) is 6.91. The quantitative estimate of drug-likeness (QED) is 0.0966. The topological polar surface area (TPSA) is 51.0 Å². The van der Waals surface area contributed by atoms with Crippen molar-refractivity contribution in [2.45, 2.75) is 59.9 Å². The van der Waals surface area contributed by atoms with Gasteiger partial charge in [-0.3, -0.25) is 9.98 Å². The molecule has 2 aromatic carbocycles. The van der Waals surface area contributed by atoms with Gasteiger partial charge in [-0.25, -0.2) is 9.97 Å². The second-order valence-electron chi connectivity index (χ2n) is 13.7. The normalized spacial score (nSPS) is 13.9. The molecule has 0 aliphatic heterocycles. The molecular formula is C49H48N4. The molecule has 3 heterocycles. The van der Waals surface area contributed by atoms with E-state index in [1.54, 1.807) is 0 Å². The third-order valence-electron chi connectivity index (χ3n) is 9.63. The van der Waals surface area contributed by atoms with Crippen LogP contribution in [0.5, 0.6) is 0 Å². The lowest BCUT2D eigenvalue weighted by molar-refractivity contribution is 0.760. The van der Waals surface area contributed by atoms with Crippen molar-refractivity contribution in [1.29, 1.82) is 0 Å². The van der Waals surface area contributed by atoms with Crippen molar-refractivity contribution in [3.8, 4) is 33.9 Å². The fourth-order valence-electron chi connectivity index (χ4n) is 6.91. The van der Waals surface area contributed by atoms with Gasteiger partial charge in [0.25, 0.3) is 0 Å². The van der Waals surface area contributed by atoms with E-state index in [1.165, 1.54) is 27.8 Å². The molecule has 264 valence electrons. The molecule has 0 radical (unpaired) electrons. The number of fused-ring (bicyclic) bond motifs is 1. The summed E-state index contributed by atoms with van der Waals surface area (Å²) in [6.45, 7) is 18.6. The van der Waals surface area contributed by atoms with Gasteiger partial charge in [-0.2, -0.15) is 0 Å². The molecule has 1 aliphatic rings. The molecule has 1 aliphatic carbocycles. The Labute approximate surface area is 315 Å². The van der Waals surface area contributed by atoms with Crippen molar-refractivity contribution in [2.75, 3.05) is 0 Å². The average molecular weight is 693 g/mol. The maximum Gasteiger partial charge on any atom is 0.0918 e. The van der Waals surface area contributed by atoms with Gasteiger partial charge >= 0.3 is 0 Å². The van der Waals surface area contributed by atoms with Crippen LogP contribution < -0.4 is 0 Å². The van der Waals surface area contributed by atoms with E-state index in [0.29, 0.717) is 0 Å². The highest BCUT2D eigenvalue weighted by Gasteiger charge is 2.24. The summed E-state index contributed by atoms with van der Waals surface area (Å²) in [5.74, 6) is 0. The van der Waals surface area contributed by atoms with Gasteiger partial charge in [-0.15, -0.1) is 0 Å². The Bertz CT molecular complexity index is 2280. The number of hydrogen-bond acceptors (Lipinski definition) is 4. The highest BCUT2D eigenvalue weighted by atomic mass is 14.8. The Balaban J connectivity index is 1.55. The van der Waals surface area contributed by atoms with Gasteiger partial charge < -0.3 is 0 Å². The van der Waals surface area contributed by atoms with E-state index in [2.05, 4.69) is 132 Å². The van der Waals surface area contributed by atoms with Gasteiger partial charge in [0.1, 0.15) is 0 Å². The lowest BCUT2D eigenvalue weighted by atomic mass is 9.80. The number of pyridine rings is 3. The van der Waals surface area contributed by atoms with Crippen LogP contribution in [0, 0.1) is 13.8 Å². The molecule has 6 rings (SSSR count). The largest absolute Gasteiger partial charge is 0.280 e. The van der Waals surface area contributed by atoms with Crippen LogP contribution in [-0.2, 0) is 6.42 Å².